The lowest BCUT2D eigenvalue weighted by molar-refractivity contribution is 0.0697. The van der Waals surface area contributed by atoms with Crippen LogP contribution in [0.5, 0.6) is 11.5 Å². The number of carboxylic acids is 1. The number of carbonyl (C=O) groups is 1. The third-order valence-corrected chi connectivity index (χ3v) is 4.00. The second-order valence-corrected chi connectivity index (χ2v) is 6.14. The first-order chi connectivity index (χ1) is 12.0. The normalized spacial score (nSPS) is 10.4. The highest BCUT2D eigenvalue weighted by atomic mass is 35.5. The summed E-state index contributed by atoms with van der Waals surface area (Å²) in [7, 11) is 1.55. The van der Waals surface area contributed by atoms with Gasteiger partial charge >= 0.3 is 5.97 Å². The molecule has 2 aromatic carbocycles. The fourth-order valence-corrected chi connectivity index (χ4v) is 2.67. The van der Waals surface area contributed by atoms with E-state index in [0.29, 0.717) is 40.4 Å². The van der Waals surface area contributed by atoms with Crippen LogP contribution in [0.4, 0.5) is 5.69 Å². The molecule has 0 amide bonds. The average Bonchev–Trinajstić information content (AvgIpc) is 2.59. The number of hydrogen-bond donors (Lipinski definition) is 2. The van der Waals surface area contributed by atoms with Crippen LogP contribution in [0.15, 0.2) is 30.3 Å². The minimum atomic E-state index is -1.02. The number of nitrogens with one attached hydrogen (secondary N) is 1. The second-order valence-electron chi connectivity index (χ2n) is 5.30. The number of aromatic carboxylic acids is 1. The zero-order valence-corrected chi connectivity index (χ0v) is 15.4. The van der Waals surface area contributed by atoms with Crippen LogP contribution in [0.2, 0.25) is 10.0 Å². The number of benzene rings is 2. The van der Waals surface area contributed by atoms with Gasteiger partial charge in [-0.15, -0.1) is 0 Å². The van der Waals surface area contributed by atoms with Gasteiger partial charge in [-0.25, -0.2) is 4.79 Å². The van der Waals surface area contributed by atoms with Crippen molar-refractivity contribution in [3.05, 3.63) is 51.5 Å². The van der Waals surface area contributed by atoms with Gasteiger partial charge in [-0.05, 0) is 30.7 Å². The molecule has 0 aliphatic rings. The van der Waals surface area contributed by atoms with Crippen molar-refractivity contribution in [3.63, 3.8) is 0 Å². The minimum Gasteiger partial charge on any atom is -0.493 e. The van der Waals surface area contributed by atoms with E-state index in [0.717, 1.165) is 12.0 Å². The van der Waals surface area contributed by atoms with E-state index >= 15 is 0 Å². The summed E-state index contributed by atoms with van der Waals surface area (Å²) in [4.78, 5) is 11.1. The first-order valence-corrected chi connectivity index (χ1v) is 8.47. The largest absolute Gasteiger partial charge is 0.493 e. The Bertz CT molecular complexity index is 765. The molecule has 7 heteroatoms. The molecule has 0 fully saturated rings. The number of ether oxygens (including phenoxy) is 2. The fourth-order valence-electron chi connectivity index (χ4n) is 2.26. The Hall–Kier alpha value is -2.11. The number of hydrogen-bond acceptors (Lipinski definition) is 4. The van der Waals surface area contributed by atoms with Crippen LogP contribution in [0, 0.1) is 0 Å². The zero-order valence-electron chi connectivity index (χ0n) is 13.9. The van der Waals surface area contributed by atoms with Crippen molar-refractivity contribution in [2.75, 3.05) is 19.0 Å². The van der Waals surface area contributed by atoms with Crippen molar-refractivity contribution in [1.82, 2.24) is 0 Å². The van der Waals surface area contributed by atoms with Crippen molar-refractivity contribution in [3.8, 4) is 11.5 Å². The topological polar surface area (TPSA) is 67.8 Å². The van der Waals surface area contributed by atoms with Gasteiger partial charge in [-0.1, -0.05) is 30.1 Å². The van der Waals surface area contributed by atoms with Crippen LogP contribution in [0.3, 0.4) is 0 Å². The lowest BCUT2D eigenvalue weighted by Crippen LogP contribution is -2.07. The van der Waals surface area contributed by atoms with Crippen LogP contribution < -0.4 is 14.8 Å². The quantitative estimate of drug-likeness (QED) is 0.663. The highest BCUT2D eigenvalue weighted by molar-refractivity contribution is 6.33. The van der Waals surface area contributed by atoms with Gasteiger partial charge in [0.2, 0.25) is 0 Å². The first-order valence-electron chi connectivity index (χ1n) is 7.72. The summed E-state index contributed by atoms with van der Waals surface area (Å²) in [6, 6.07) is 7.94. The van der Waals surface area contributed by atoms with E-state index in [2.05, 4.69) is 5.32 Å². The first kappa shape index (κ1) is 19.2. The van der Waals surface area contributed by atoms with E-state index in [1.54, 1.807) is 25.3 Å². The van der Waals surface area contributed by atoms with Crippen molar-refractivity contribution in [2.45, 2.75) is 19.9 Å². The number of methoxy groups -OCH3 is 1. The maximum absolute atomic E-state index is 11.1. The maximum Gasteiger partial charge on any atom is 0.335 e. The summed E-state index contributed by atoms with van der Waals surface area (Å²) in [5, 5.41) is 13.2. The standard InChI is InChI=1S/C18H19Cl2NO4/c1-3-6-25-17-12(7-13(19)9-16(17)24-2)10-21-15-8-11(18(22)23)4-5-14(15)20/h4-5,7-9,21H,3,6,10H2,1-2H3,(H,22,23). The van der Waals surface area contributed by atoms with Crippen molar-refractivity contribution >= 4 is 34.9 Å². The van der Waals surface area contributed by atoms with Crippen LogP contribution in [0.1, 0.15) is 29.3 Å². The Labute approximate surface area is 156 Å². The van der Waals surface area contributed by atoms with E-state index in [4.69, 9.17) is 37.8 Å². The third-order valence-electron chi connectivity index (χ3n) is 3.45. The predicted molar refractivity (Wildman–Crippen MR) is 99.5 cm³/mol. The van der Waals surface area contributed by atoms with E-state index in [1.807, 2.05) is 6.92 Å². The molecule has 0 saturated heterocycles. The van der Waals surface area contributed by atoms with Crippen LogP contribution >= 0.6 is 23.2 Å². The van der Waals surface area contributed by atoms with Gasteiger partial charge in [0.1, 0.15) is 0 Å². The van der Waals surface area contributed by atoms with Crippen molar-refractivity contribution < 1.29 is 19.4 Å². The van der Waals surface area contributed by atoms with Gasteiger partial charge in [0, 0.05) is 23.2 Å². The summed E-state index contributed by atoms with van der Waals surface area (Å²) in [6.07, 6.45) is 0.852. The highest BCUT2D eigenvalue weighted by Gasteiger charge is 2.14. The molecule has 0 heterocycles. The molecular formula is C18H19Cl2NO4. The number of anilines is 1. The lowest BCUT2D eigenvalue weighted by Gasteiger charge is -2.17. The average molecular weight is 384 g/mol. The summed E-state index contributed by atoms with van der Waals surface area (Å²) in [6.45, 7) is 2.90. The smallest absolute Gasteiger partial charge is 0.335 e. The number of rotatable bonds is 8. The van der Waals surface area contributed by atoms with Gasteiger partial charge in [-0.3, -0.25) is 0 Å². The fraction of sp³-hybridized carbons (Fsp3) is 0.278. The van der Waals surface area contributed by atoms with E-state index in [9.17, 15) is 4.79 Å². The lowest BCUT2D eigenvalue weighted by atomic mass is 10.1. The molecule has 0 spiro atoms. The molecule has 0 unspecified atom stereocenters. The summed E-state index contributed by atoms with van der Waals surface area (Å²) >= 11 is 12.3. The molecule has 0 aromatic heterocycles. The Morgan fingerprint density at radius 3 is 2.64 bits per heavy atom. The van der Waals surface area contributed by atoms with Crippen LogP contribution in [-0.4, -0.2) is 24.8 Å². The molecule has 0 bridgehead atoms. The molecule has 2 N–H and O–H groups in total. The molecule has 2 rings (SSSR count). The second kappa shape index (κ2) is 8.83. The number of carboxylic acid groups (broad SMARTS) is 1. The van der Waals surface area contributed by atoms with E-state index < -0.39 is 5.97 Å². The van der Waals surface area contributed by atoms with Gasteiger partial charge in [0.25, 0.3) is 0 Å². The molecule has 5 nitrogen and oxygen atoms in total. The SMILES string of the molecule is CCCOc1c(CNc2cc(C(=O)O)ccc2Cl)cc(Cl)cc1OC. The Balaban J connectivity index is 2.29. The maximum atomic E-state index is 11.1. The Morgan fingerprint density at radius 1 is 1.24 bits per heavy atom. The molecule has 0 radical (unpaired) electrons. The summed E-state index contributed by atoms with van der Waals surface area (Å²) in [5.41, 5.74) is 1.45. The molecule has 0 saturated carbocycles. The third kappa shape index (κ3) is 4.94. The monoisotopic (exact) mass is 383 g/mol. The zero-order chi connectivity index (χ0) is 18.4. The molecule has 0 atom stereocenters. The van der Waals surface area contributed by atoms with Gasteiger partial charge < -0.3 is 19.9 Å². The van der Waals surface area contributed by atoms with Crippen molar-refractivity contribution in [2.24, 2.45) is 0 Å². The summed E-state index contributed by atoms with van der Waals surface area (Å²) in [5.74, 6) is 0.131. The molecule has 2 aromatic rings. The summed E-state index contributed by atoms with van der Waals surface area (Å²) < 4.78 is 11.1. The van der Waals surface area contributed by atoms with Gasteiger partial charge in [-0.2, -0.15) is 0 Å². The Kier molecular flexibility index (Phi) is 6.79. The van der Waals surface area contributed by atoms with E-state index in [-0.39, 0.29) is 5.56 Å². The predicted octanol–water partition coefficient (Wildman–Crippen LogP) is 5.10. The van der Waals surface area contributed by atoms with Gasteiger partial charge in [0.05, 0.1) is 30.0 Å². The highest BCUT2D eigenvalue weighted by Crippen LogP contribution is 2.36. The minimum absolute atomic E-state index is 0.151. The van der Waals surface area contributed by atoms with Crippen LogP contribution in [-0.2, 0) is 6.54 Å². The Morgan fingerprint density at radius 2 is 2.00 bits per heavy atom. The van der Waals surface area contributed by atoms with E-state index in [1.165, 1.54) is 12.1 Å². The number of halogens is 2. The molecule has 0 aliphatic heterocycles. The molecule has 25 heavy (non-hydrogen) atoms. The molecule has 0 aliphatic carbocycles. The van der Waals surface area contributed by atoms with Gasteiger partial charge in [0.15, 0.2) is 11.5 Å². The van der Waals surface area contributed by atoms with Crippen LogP contribution in [0.25, 0.3) is 0 Å². The molecular weight excluding hydrogens is 365 g/mol. The molecule has 134 valence electrons. The van der Waals surface area contributed by atoms with Crippen molar-refractivity contribution in [1.29, 1.82) is 0 Å².